The van der Waals surface area contributed by atoms with Crippen LogP contribution in [0.2, 0.25) is 0 Å². The van der Waals surface area contributed by atoms with Crippen molar-refractivity contribution in [1.29, 1.82) is 5.26 Å². The lowest BCUT2D eigenvalue weighted by molar-refractivity contribution is 0.352. The Kier molecular flexibility index (Phi) is 1.29. The molecule has 0 spiro atoms. The first-order chi connectivity index (χ1) is 4.24. The van der Waals surface area contributed by atoms with Crippen molar-refractivity contribution < 1.29 is 0 Å². The zero-order valence-electron chi connectivity index (χ0n) is 5.13. The highest BCUT2D eigenvalue weighted by Crippen LogP contribution is 2.02. The molecule has 3 N–H and O–H groups in total. The number of rotatable bonds is 0. The molecular weight excluding hydrogens is 116 g/mol. The highest BCUT2D eigenvalue weighted by Gasteiger charge is 2.17. The number of nitrogens with one attached hydrogen (secondary N) is 1. The number of hydrogen-bond acceptors (Lipinski definition) is 4. The zero-order valence-corrected chi connectivity index (χ0v) is 5.13. The molecule has 1 aliphatic heterocycles. The monoisotopic (exact) mass is 124 g/mol. The lowest BCUT2D eigenvalue weighted by Crippen LogP contribution is -2.33. The van der Waals surface area contributed by atoms with Crippen molar-refractivity contribution >= 4 is 0 Å². The van der Waals surface area contributed by atoms with E-state index < -0.39 is 0 Å². The molecule has 0 amide bonds. The van der Waals surface area contributed by atoms with Gasteiger partial charge in [0.05, 0.1) is 11.8 Å². The predicted octanol–water partition coefficient (Wildman–Crippen LogP) is -0.871. The summed E-state index contributed by atoms with van der Waals surface area (Å²) in [6, 6.07) is 1.66. The molecule has 4 nitrogen and oxygen atoms in total. The van der Waals surface area contributed by atoms with Gasteiger partial charge < -0.3 is 10.7 Å². The maximum atomic E-state index is 8.39. The van der Waals surface area contributed by atoms with Crippen LogP contribution in [0.25, 0.3) is 0 Å². The Morgan fingerprint density at radius 3 is 2.89 bits per heavy atom. The van der Waals surface area contributed by atoms with Gasteiger partial charge in [-0.05, 0) is 0 Å². The Morgan fingerprint density at radius 2 is 2.67 bits per heavy atom. The van der Waals surface area contributed by atoms with Crippen molar-refractivity contribution in [3.8, 4) is 6.07 Å². The zero-order chi connectivity index (χ0) is 6.85. The van der Waals surface area contributed by atoms with Gasteiger partial charge in [0, 0.05) is 13.2 Å². The van der Waals surface area contributed by atoms with Gasteiger partial charge in [-0.15, -0.1) is 0 Å². The van der Waals surface area contributed by atoms with E-state index in [1.165, 1.54) is 0 Å². The fourth-order valence-electron chi connectivity index (χ4n) is 0.717. The minimum atomic E-state index is -0.338. The first-order valence-corrected chi connectivity index (χ1v) is 2.60. The van der Waals surface area contributed by atoms with Gasteiger partial charge in [-0.25, -0.2) is 5.43 Å². The van der Waals surface area contributed by atoms with E-state index in [-0.39, 0.29) is 6.04 Å². The summed E-state index contributed by atoms with van der Waals surface area (Å²) in [5.41, 5.74) is 8.79. The van der Waals surface area contributed by atoms with Gasteiger partial charge in [0.2, 0.25) is 0 Å². The quantitative estimate of drug-likeness (QED) is 0.440. The van der Waals surface area contributed by atoms with Crippen molar-refractivity contribution in [3.63, 3.8) is 0 Å². The van der Waals surface area contributed by atoms with Gasteiger partial charge in [0.15, 0.2) is 6.04 Å². The summed E-state index contributed by atoms with van der Waals surface area (Å²) in [5, 5.41) is 10.1. The minimum absolute atomic E-state index is 0.338. The number of hydrazine groups is 1. The molecule has 9 heavy (non-hydrogen) atoms. The highest BCUT2D eigenvalue weighted by atomic mass is 15.5. The van der Waals surface area contributed by atoms with Crippen LogP contribution in [0.15, 0.2) is 11.9 Å². The van der Waals surface area contributed by atoms with Gasteiger partial charge in [-0.1, -0.05) is 0 Å². The van der Waals surface area contributed by atoms with Crippen LogP contribution < -0.4 is 11.2 Å². The van der Waals surface area contributed by atoms with E-state index >= 15 is 0 Å². The second-order valence-electron chi connectivity index (χ2n) is 1.93. The molecule has 4 heteroatoms. The third kappa shape index (κ3) is 0.952. The molecule has 0 fully saturated rings. The molecule has 0 aromatic rings. The Morgan fingerprint density at radius 1 is 2.00 bits per heavy atom. The first-order valence-electron chi connectivity index (χ1n) is 2.60. The summed E-state index contributed by atoms with van der Waals surface area (Å²) >= 11 is 0. The number of hydrogen-bond donors (Lipinski definition) is 2. The molecule has 0 aromatic carbocycles. The second-order valence-corrected chi connectivity index (χ2v) is 1.93. The average molecular weight is 124 g/mol. The molecule has 0 bridgehead atoms. The Bertz CT molecular complexity index is 178. The first kappa shape index (κ1) is 5.92. The molecule has 1 atom stereocenters. The van der Waals surface area contributed by atoms with E-state index in [0.717, 1.165) is 0 Å². The standard InChI is InChI=1S/C5H8N4/c1-9-3-4(7)5(2-6)8-9/h3,5,8H,7H2,1H3. The Labute approximate surface area is 53.5 Å². The largest absolute Gasteiger partial charge is 0.399 e. The summed E-state index contributed by atoms with van der Waals surface area (Å²) in [7, 11) is 1.80. The van der Waals surface area contributed by atoms with Crippen LogP contribution in [0.1, 0.15) is 0 Å². The van der Waals surface area contributed by atoms with Gasteiger partial charge in [0.1, 0.15) is 0 Å². The van der Waals surface area contributed by atoms with E-state index in [1.807, 2.05) is 6.07 Å². The van der Waals surface area contributed by atoms with E-state index in [4.69, 9.17) is 11.0 Å². The Hall–Kier alpha value is -1.21. The van der Waals surface area contributed by atoms with Crippen LogP contribution in [0.5, 0.6) is 0 Å². The van der Waals surface area contributed by atoms with E-state index in [0.29, 0.717) is 5.70 Å². The van der Waals surface area contributed by atoms with E-state index in [9.17, 15) is 0 Å². The fourth-order valence-corrected chi connectivity index (χ4v) is 0.717. The maximum absolute atomic E-state index is 8.39. The second kappa shape index (κ2) is 1.96. The highest BCUT2D eigenvalue weighted by molar-refractivity contribution is 5.18. The van der Waals surface area contributed by atoms with Crippen molar-refractivity contribution in [2.45, 2.75) is 6.04 Å². The van der Waals surface area contributed by atoms with E-state index in [2.05, 4.69) is 5.43 Å². The average Bonchev–Trinajstić information content (AvgIpc) is 2.10. The van der Waals surface area contributed by atoms with Crippen LogP contribution in [0.3, 0.4) is 0 Å². The van der Waals surface area contributed by atoms with Gasteiger partial charge in [-0.3, -0.25) is 0 Å². The van der Waals surface area contributed by atoms with E-state index in [1.54, 1.807) is 18.3 Å². The molecule has 1 heterocycles. The molecule has 0 radical (unpaired) electrons. The lowest BCUT2D eigenvalue weighted by Gasteiger charge is -2.07. The molecule has 0 aliphatic carbocycles. The van der Waals surface area contributed by atoms with Crippen LogP contribution in [-0.2, 0) is 0 Å². The summed E-state index contributed by atoms with van der Waals surface area (Å²) in [4.78, 5) is 0. The molecule has 0 aromatic heterocycles. The van der Waals surface area contributed by atoms with Gasteiger partial charge in [0.25, 0.3) is 0 Å². The predicted molar refractivity (Wildman–Crippen MR) is 32.6 cm³/mol. The normalized spacial score (nSPS) is 25.6. The van der Waals surface area contributed by atoms with Crippen molar-refractivity contribution in [2.24, 2.45) is 5.73 Å². The van der Waals surface area contributed by atoms with Crippen molar-refractivity contribution in [1.82, 2.24) is 10.4 Å². The number of nitrogens with two attached hydrogens (primary N) is 1. The van der Waals surface area contributed by atoms with Crippen LogP contribution in [0, 0.1) is 11.3 Å². The van der Waals surface area contributed by atoms with Crippen LogP contribution in [-0.4, -0.2) is 18.1 Å². The molecule has 1 aliphatic rings. The molecule has 0 saturated heterocycles. The summed E-state index contributed by atoms with van der Waals surface area (Å²) in [5.74, 6) is 0. The fraction of sp³-hybridized carbons (Fsp3) is 0.400. The molecule has 1 unspecified atom stereocenters. The molecule has 0 saturated carbocycles. The summed E-state index contributed by atoms with van der Waals surface area (Å²) in [6.07, 6.45) is 1.69. The van der Waals surface area contributed by atoms with Crippen LogP contribution >= 0.6 is 0 Å². The van der Waals surface area contributed by atoms with Crippen molar-refractivity contribution in [3.05, 3.63) is 11.9 Å². The molecule has 1 rings (SSSR count). The molecular formula is C5H8N4. The lowest BCUT2D eigenvalue weighted by atomic mass is 10.3. The minimum Gasteiger partial charge on any atom is -0.399 e. The number of nitrogens with zero attached hydrogens (tertiary/aromatic N) is 2. The topological polar surface area (TPSA) is 65.1 Å². The smallest absolute Gasteiger partial charge is 0.153 e. The van der Waals surface area contributed by atoms with Gasteiger partial charge in [-0.2, -0.15) is 5.26 Å². The Balaban J connectivity index is 2.67. The van der Waals surface area contributed by atoms with Crippen LogP contribution in [0.4, 0.5) is 0 Å². The number of nitriles is 1. The SMILES string of the molecule is CN1C=C(N)C(C#N)N1. The summed E-state index contributed by atoms with van der Waals surface area (Å²) in [6.45, 7) is 0. The maximum Gasteiger partial charge on any atom is 0.153 e. The summed E-state index contributed by atoms with van der Waals surface area (Å²) < 4.78 is 0. The third-order valence-corrected chi connectivity index (χ3v) is 1.14. The van der Waals surface area contributed by atoms with Crippen molar-refractivity contribution in [2.75, 3.05) is 7.05 Å². The molecule has 48 valence electrons. The van der Waals surface area contributed by atoms with Gasteiger partial charge >= 0.3 is 0 Å². The third-order valence-electron chi connectivity index (χ3n) is 1.14.